The number of carbonyl (C=O) groups excluding carboxylic acids is 1. The summed E-state index contributed by atoms with van der Waals surface area (Å²) < 4.78 is 0. The Morgan fingerprint density at radius 1 is 1.69 bits per heavy atom. The van der Waals surface area contributed by atoms with Gasteiger partial charge < -0.3 is 10.2 Å². The number of nitrogens with zero attached hydrogens (tertiary/aromatic N) is 1. The van der Waals surface area contributed by atoms with Crippen LogP contribution in [0.4, 0.5) is 0 Å². The van der Waals surface area contributed by atoms with Gasteiger partial charge >= 0.3 is 0 Å². The summed E-state index contributed by atoms with van der Waals surface area (Å²) in [7, 11) is 1.54. The van der Waals surface area contributed by atoms with E-state index < -0.39 is 5.09 Å². The SMILES string of the molecule is CCC(CCO[N+](=O)[O-])C(=O)NC. The van der Waals surface area contributed by atoms with Crippen LogP contribution in [0.3, 0.4) is 0 Å². The molecule has 1 unspecified atom stereocenters. The smallest absolute Gasteiger partial charge is 0.294 e. The van der Waals surface area contributed by atoms with Crippen molar-refractivity contribution in [3.8, 4) is 0 Å². The van der Waals surface area contributed by atoms with Crippen LogP contribution in [0.1, 0.15) is 19.8 Å². The first-order chi connectivity index (χ1) is 6.11. The van der Waals surface area contributed by atoms with Crippen molar-refractivity contribution in [2.45, 2.75) is 19.8 Å². The van der Waals surface area contributed by atoms with Crippen molar-refractivity contribution in [3.05, 3.63) is 10.1 Å². The normalized spacial score (nSPS) is 11.8. The highest BCUT2D eigenvalue weighted by molar-refractivity contribution is 5.78. The molecule has 0 radical (unpaired) electrons. The van der Waals surface area contributed by atoms with Crippen molar-refractivity contribution in [1.82, 2.24) is 5.32 Å². The van der Waals surface area contributed by atoms with Gasteiger partial charge in [-0.25, -0.2) is 0 Å². The predicted molar refractivity (Wildman–Crippen MR) is 45.4 cm³/mol. The van der Waals surface area contributed by atoms with Crippen molar-refractivity contribution in [3.63, 3.8) is 0 Å². The Hall–Kier alpha value is -1.33. The van der Waals surface area contributed by atoms with E-state index in [9.17, 15) is 14.9 Å². The molecule has 0 aromatic carbocycles. The van der Waals surface area contributed by atoms with Crippen LogP contribution < -0.4 is 5.32 Å². The van der Waals surface area contributed by atoms with Gasteiger partial charge in [-0.1, -0.05) is 6.92 Å². The fraction of sp³-hybridized carbons (Fsp3) is 0.857. The average molecular weight is 190 g/mol. The minimum atomic E-state index is -0.851. The van der Waals surface area contributed by atoms with Gasteiger partial charge in [-0.3, -0.25) is 4.79 Å². The van der Waals surface area contributed by atoms with Crippen molar-refractivity contribution >= 4 is 5.91 Å². The molecule has 0 aliphatic carbocycles. The van der Waals surface area contributed by atoms with E-state index in [1.54, 1.807) is 7.05 Å². The second-order valence-electron chi connectivity index (χ2n) is 2.56. The molecule has 0 saturated carbocycles. The lowest BCUT2D eigenvalue weighted by molar-refractivity contribution is -0.758. The predicted octanol–water partition coefficient (Wildman–Crippen LogP) is 0.357. The van der Waals surface area contributed by atoms with Crippen LogP contribution in [0.25, 0.3) is 0 Å². The molecule has 0 heterocycles. The van der Waals surface area contributed by atoms with Gasteiger partial charge in [-0.15, -0.1) is 10.1 Å². The van der Waals surface area contributed by atoms with Crippen LogP contribution in [-0.2, 0) is 9.63 Å². The number of rotatable bonds is 6. The highest BCUT2D eigenvalue weighted by atomic mass is 16.9. The minimum absolute atomic E-state index is 0.0288. The first kappa shape index (κ1) is 11.7. The van der Waals surface area contributed by atoms with Gasteiger partial charge in [0.05, 0.1) is 6.61 Å². The quantitative estimate of drug-likeness (QED) is 0.484. The zero-order valence-corrected chi connectivity index (χ0v) is 7.78. The maximum Gasteiger partial charge on any atom is 0.294 e. The van der Waals surface area contributed by atoms with Crippen LogP contribution in [0.2, 0.25) is 0 Å². The fourth-order valence-electron chi connectivity index (χ4n) is 0.994. The lowest BCUT2D eigenvalue weighted by Crippen LogP contribution is -2.28. The molecule has 13 heavy (non-hydrogen) atoms. The van der Waals surface area contributed by atoms with E-state index in [0.717, 1.165) is 0 Å². The Morgan fingerprint density at radius 3 is 2.69 bits per heavy atom. The molecule has 1 N–H and O–H groups in total. The van der Waals surface area contributed by atoms with E-state index in [0.29, 0.717) is 12.8 Å². The molecule has 0 rings (SSSR count). The van der Waals surface area contributed by atoms with E-state index in [2.05, 4.69) is 10.2 Å². The van der Waals surface area contributed by atoms with Crippen molar-refractivity contribution in [2.24, 2.45) is 5.92 Å². The highest BCUT2D eigenvalue weighted by Gasteiger charge is 2.14. The number of hydrogen-bond acceptors (Lipinski definition) is 4. The molecule has 1 amide bonds. The molecule has 76 valence electrons. The summed E-state index contributed by atoms with van der Waals surface area (Å²) in [6, 6.07) is 0. The van der Waals surface area contributed by atoms with Gasteiger partial charge in [0, 0.05) is 13.0 Å². The Kier molecular flexibility index (Phi) is 5.58. The third kappa shape index (κ3) is 5.00. The summed E-state index contributed by atoms with van der Waals surface area (Å²) in [6.07, 6.45) is 1.03. The number of amides is 1. The maximum absolute atomic E-state index is 11.1. The van der Waals surface area contributed by atoms with E-state index in [-0.39, 0.29) is 18.4 Å². The molecule has 0 fully saturated rings. The van der Waals surface area contributed by atoms with Crippen LogP contribution in [0, 0.1) is 16.0 Å². The summed E-state index contributed by atoms with van der Waals surface area (Å²) in [6.45, 7) is 1.82. The summed E-state index contributed by atoms with van der Waals surface area (Å²) in [5.41, 5.74) is 0. The van der Waals surface area contributed by atoms with E-state index >= 15 is 0 Å². The molecule has 0 aliphatic heterocycles. The van der Waals surface area contributed by atoms with Crippen LogP contribution in [-0.4, -0.2) is 24.6 Å². The monoisotopic (exact) mass is 190 g/mol. The molecular weight excluding hydrogens is 176 g/mol. The maximum atomic E-state index is 11.1. The van der Waals surface area contributed by atoms with Gasteiger partial charge in [-0.2, -0.15) is 0 Å². The summed E-state index contributed by atoms with van der Waals surface area (Å²) in [5, 5.41) is 11.4. The van der Waals surface area contributed by atoms with Gasteiger partial charge in [0.1, 0.15) is 0 Å². The van der Waals surface area contributed by atoms with Gasteiger partial charge in [-0.05, 0) is 12.8 Å². The average Bonchev–Trinajstić information content (AvgIpc) is 2.11. The third-order valence-electron chi connectivity index (χ3n) is 1.77. The first-order valence-corrected chi connectivity index (χ1v) is 4.10. The third-order valence-corrected chi connectivity index (χ3v) is 1.77. The number of nitrogens with one attached hydrogen (secondary N) is 1. The zero-order valence-electron chi connectivity index (χ0n) is 7.78. The zero-order chi connectivity index (χ0) is 10.3. The Morgan fingerprint density at radius 2 is 2.31 bits per heavy atom. The summed E-state index contributed by atoms with van der Waals surface area (Å²) in [5.74, 6) is -0.306. The molecule has 6 heteroatoms. The van der Waals surface area contributed by atoms with Crippen LogP contribution in [0.5, 0.6) is 0 Å². The number of carbonyl (C=O) groups is 1. The minimum Gasteiger partial charge on any atom is -0.359 e. The summed E-state index contributed by atoms with van der Waals surface area (Å²) >= 11 is 0. The van der Waals surface area contributed by atoms with Gasteiger partial charge in [0.25, 0.3) is 5.09 Å². The Labute approximate surface area is 76.4 Å². The second kappa shape index (κ2) is 6.22. The van der Waals surface area contributed by atoms with E-state index in [4.69, 9.17) is 0 Å². The molecule has 0 saturated heterocycles. The Balaban J connectivity index is 3.72. The van der Waals surface area contributed by atoms with Gasteiger partial charge in [0.2, 0.25) is 5.91 Å². The van der Waals surface area contributed by atoms with Crippen molar-refractivity contribution < 1.29 is 14.7 Å². The van der Waals surface area contributed by atoms with Crippen LogP contribution >= 0.6 is 0 Å². The van der Waals surface area contributed by atoms with E-state index in [1.165, 1.54) is 0 Å². The van der Waals surface area contributed by atoms with Gasteiger partial charge in [0.15, 0.2) is 0 Å². The highest BCUT2D eigenvalue weighted by Crippen LogP contribution is 2.07. The molecule has 0 bridgehead atoms. The molecule has 0 aliphatic rings. The summed E-state index contributed by atoms with van der Waals surface area (Å²) in [4.78, 5) is 25.0. The molecule has 1 atom stereocenters. The molecule has 0 aromatic heterocycles. The lowest BCUT2D eigenvalue weighted by atomic mass is 10.0. The van der Waals surface area contributed by atoms with Crippen molar-refractivity contribution in [2.75, 3.05) is 13.7 Å². The topological polar surface area (TPSA) is 81.5 Å². The largest absolute Gasteiger partial charge is 0.359 e. The molecule has 0 spiro atoms. The molecule has 0 aromatic rings. The van der Waals surface area contributed by atoms with Crippen LogP contribution in [0.15, 0.2) is 0 Å². The fourth-order valence-corrected chi connectivity index (χ4v) is 0.994. The first-order valence-electron chi connectivity index (χ1n) is 4.10. The molecular formula is C7H14N2O4. The molecule has 6 nitrogen and oxygen atoms in total. The van der Waals surface area contributed by atoms with Crippen molar-refractivity contribution in [1.29, 1.82) is 0 Å². The number of hydrogen-bond donors (Lipinski definition) is 1. The lowest BCUT2D eigenvalue weighted by Gasteiger charge is -2.11. The second-order valence-corrected chi connectivity index (χ2v) is 2.56. The van der Waals surface area contributed by atoms with E-state index in [1.807, 2.05) is 6.92 Å². The Bertz CT molecular complexity index is 183. The standard InChI is InChI=1S/C7H14N2O4/c1-3-6(7(10)8-2)4-5-13-9(11)12/h6H,3-5H2,1-2H3,(H,8,10).